The Morgan fingerprint density at radius 1 is 1.56 bits per heavy atom. The number of hydrogen-bond acceptors (Lipinski definition) is 3. The Kier molecular flexibility index (Phi) is 5.62. The zero-order valence-corrected chi connectivity index (χ0v) is 12.7. The van der Waals surface area contributed by atoms with Gasteiger partial charge in [-0.05, 0) is 58.5 Å². The molecule has 4 unspecified atom stereocenters. The lowest BCUT2D eigenvalue weighted by Crippen LogP contribution is -2.47. The second-order valence-electron chi connectivity index (χ2n) is 6.34. The predicted octanol–water partition coefficient (Wildman–Crippen LogP) is 2.63. The average Bonchev–Trinajstić information content (AvgIpc) is 3.02. The summed E-state index contributed by atoms with van der Waals surface area (Å²) in [6, 6.07) is 2.89. The number of nitrogens with zero attached hydrogens (tertiary/aromatic N) is 2. The van der Waals surface area contributed by atoms with Crippen molar-refractivity contribution in [2.24, 2.45) is 11.8 Å². The van der Waals surface area contributed by atoms with Crippen LogP contribution in [0.15, 0.2) is 0 Å². The molecule has 0 saturated heterocycles. The van der Waals surface area contributed by atoms with Crippen molar-refractivity contribution in [3.8, 4) is 6.07 Å². The van der Waals surface area contributed by atoms with Gasteiger partial charge in [-0.1, -0.05) is 13.8 Å². The molecule has 0 heterocycles. The largest absolute Gasteiger partial charge is 0.303 e. The maximum absolute atomic E-state index is 9.35. The second-order valence-corrected chi connectivity index (χ2v) is 6.34. The normalized spacial score (nSPS) is 27.6. The van der Waals surface area contributed by atoms with E-state index in [9.17, 15) is 5.26 Å². The quantitative estimate of drug-likeness (QED) is 0.721. The van der Waals surface area contributed by atoms with E-state index in [0.717, 1.165) is 31.2 Å². The van der Waals surface area contributed by atoms with Gasteiger partial charge in [-0.3, -0.25) is 5.32 Å². The van der Waals surface area contributed by atoms with Crippen LogP contribution in [0.3, 0.4) is 0 Å². The number of rotatable bonds is 8. The van der Waals surface area contributed by atoms with Crippen LogP contribution in [0.5, 0.6) is 0 Å². The maximum atomic E-state index is 9.35. The fourth-order valence-corrected chi connectivity index (χ4v) is 2.51. The molecule has 1 aliphatic carbocycles. The molecule has 18 heavy (non-hydrogen) atoms. The first kappa shape index (κ1) is 15.5. The van der Waals surface area contributed by atoms with Gasteiger partial charge in [0.1, 0.15) is 5.54 Å². The summed E-state index contributed by atoms with van der Waals surface area (Å²) in [4.78, 5) is 2.41. The lowest BCUT2D eigenvalue weighted by atomic mass is 9.94. The minimum absolute atomic E-state index is 0.390. The Labute approximate surface area is 113 Å². The molecule has 1 aliphatic rings. The fraction of sp³-hybridized carbons (Fsp3) is 0.933. The standard InChI is InChI=1S/C15H29N3/c1-6-7-17-15(4,11-16)9-13(3)18(5)10-14-8-12(14)2/h12-14,17H,6-10H2,1-5H3. The van der Waals surface area contributed by atoms with Gasteiger partial charge in [-0.25, -0.2) is 0 Å². The Hall–Kier alpha value is -0.590. The van der Waals surface area contributed by atoms with Gasteiger partial charge in [0, 0.05) is 12.6 Å². The molecule has 1 saturated carbocycles. The van der Waals surface area contributed by atoms with E-state index in [4.69, 9.17) is 0 Å². The zero-order valence-electron chi connectivity index (χ0n) is 12.7. The predicted molar refractivity (Wildman–Crippen MR) is 76.3 cm³/mol. The molecule has 1 rings (SSSR count). The summed E-state index contributed by atoms with van der Waals surface area (Å²) in [6.07, 6.45) is 3.34. The van der Waals surface area contributed by atoms with Crippen LogP contribution in [0, 0.1) is 23.2 Å². The average molecular weight is 251 g/mol. The Morgan fingerprint density at radius 2 is 2.17 bits per heavy atom. The van der Waals surface area contributed by atoms with Gasteiger partial charge < -0.3 is 4.90 Å². The van der Waals surface area contributed by atoms with Gasteiger partial charge in [0.2, 0.25) is 0 Å². The highest BCUT2D eigenvalue weighted by molar-refractivity contribution is 5.05. The smallest absolute Gasteiger partial charge is 0.105 e. The second kappa shape index (κ2) is 6.54. The van der Waals surface area contributed by atoms with E-state index < -0.39 is 5.54 Å². The molecular weight excluding hydrogens is 222 g/mol. The van der Waals surface area contributed by atoms with Crippen molar-refractivity contribution in [3.63, 3.8) is 0 Å². The van der Waals surface area contributed by atoms with Crippen LogP contribution in [0.25, 0.3) is 0 Å². The SMILES string of the molecule is CCCNC(C)(C#N)CC(C)N(C)CC1CC1C. The van der Waals surface area contributed by atoms with Gasteiger partial charge in [0.05, 0.1) is 6.07 Å². The van der Waals surface area contributed by atoms with E-state index in [1.807, 2.05) is 6.92 Å². The molecule has 1 fully saturated rings. The highest BCUT2D eigenvalue weighted by Gasteiger charge is 2.35. The number of hydrogen-bond donors (Lipinski definition) is 1. The van der Waals surface area contributed by atoms with Gasteiger partial charge >= 0.3 is 0 Å². The van der Waals surface area contributed by atoms with E-state index in [2.05, 4.69) is 44.1 Å². The van der Waals surface area contributed by atoms with Crippen molar-refractivity contribution in [2.45, 2.75) is 58.5 Å². The van der Waals surface area contributed by atoms with Crippen molar-refractivity contribution in [1.82, 2.24) is 10.2 Å². The van der Waals surface area contributed by atoms with E-state index in [-0.39, 0.29) is 0 Å². The van der Waals surface area contributed by atoms with Crippen molar-refractivity contribution in [3.05, 3.63) is 0 Å². The van der Waals surface area contributed by atoms with Crippen molar-refractivity contribution < 1.29 is 0 Å². The molecule has 0 bridgehead atoms. The van der Waals surface area contributed by atoms with Crippen LogP contribution in [0.2, 0.25) is 0 Å². The van der Waals surface area contributed by atoms with E-state index in [0.29, 0.717) is 6.04 Å². The summed E-state index contributed by atoms with van der Waals surface area (Å²) < 4.78 is 0. The summed E-state index contributed by atoms with van der Waals surface area (Å²) in [5.74, 6) is 1.79. The van der Waals surface area contributed by atoms with Crippen LogP contribution < -0.4 is 5.32 Å². The van der Waals surface area contributed by atoms with Crippen LogP contribution in [-0.4, -0.2) is 36.6 Å². The molecule has 0 aromatic carbocycles. The lowest BCUT2D eigenvalue weighted by Gasteiger charge is -2.32. The molecule has 0 aromatic heterocycles. The number of nitrogens with one attached hydrogen (secondary N) is 1. The molecule has 3 heteroatoms. The molecule has 0 aromatic rings. The van der Waals surface area contributed by atoms with E-state index in [1.54, 1.807) is 0 Å². The zero-order chi connectivity index (χ0) is 13.8. The molecule has 1 N–H and O–H groups in total. The maximum Gasteiger partial charge on any atom is 0.105 e. The van der Waals surface area contributed by atoms with Crippen molar-refractivity contribution >= 4 is 0 Å². The lowest BCUT2D eigenvalue weighted by molar-refractivity contribution is 0.204. The van der Waals surface area contributed by atoms with Crippen LogP contribution >= 0.6 is 0 Å². The third-order valence-electron chi connectivity index (χ3n) is 4.27. The molecule has 0 spiro atoms. The number of nitriles is 1. The summed E-state index contributed by atoms with van der Waals surface area (Å²) >= 11 is 0. The third-order valence-corrected chi connectivity index (χ3v) is 4.27. The summed E-state index contributed by atoms with van der Waals surface area (Å²) in [5, 5.41) is 12.7. The van der Waals surface area contributed by atoms with Gasteiger partial charge in [-0.2, -0.15) is 5.26 Å². The molecule has 0 radical (unpaired) electrons. The fourth-order valence-electron chi connectivity index (χ4n) is 2.51. The topological polar surface area (TPSA) is 39.1 Å². The molecule has 0 aliphatic heterocycles. The molecule has 0 amide bonds. The minimum atomic E-state index is -0.390. The Bertz CT molecular complexity index is 297. The highest BCUT2D eigenvalue weighted by atomic mass is 15.1. The highest BCUT2D eigenvalue weighted by Crippen LogP contribution is 2.38. The van der Waals surface area contributed by atoms with Gasteiger partial charge in [0.15, 0.2) is 0 Å². The first-order valence-corrected chi connectivity index (χ1v) is 7.28. The molecule has 3 nitrogen and oxygen atoms in total. The monoisotopic (exact) mass is 251 g/mol. The minimum Gasteiger partial charge on any atom is -0.303 e. The third kappa shape index (κ3) is 4.59. The molecule has 104 valence electrons. The first-order valence-electron chi connectivity index (χ1n) is 7.28. The first-order chi connectivity index (χ1) is 8.41. The molecule has 4 atom stereocenters. The summed E-state index contributed by atoms with van der Waals surface area (Å²) in [7, 11) is 2.19. The molecular formula is C15H29N3. The summed E-state index contributed by atoms with van der Waals surface area (Å²) in [6.45, 7) is 10.8. The van der Waals surface area contributed by atoms with E-state index in [1.165, 1.54) is 13.0 Å². The van der Waals surface area contributed by atoms with Crippen molar-refractivity contribution in [2.75, 3.05) is 20.1 Å². The van der Waals surface area contributed by atoms with Gasteiger partial charge in [0.25, 0.3) is 0 Å². The van der Waals surface area contributed by atoms with Crippen LogP contribution in [0.1, 0.15) is 47.0 Å². The van der Waals surface area contributed by atoms with E-state index >= 15 is 0 Å². The Morgan fingerprint density at radius 3 is 2.61 bits per heavy atom. The van der Waals surface area contributed by atoms with Crippen LogP contribution in [-0.2, 0) is 0 Å². The van der Waals surface area contributed by atoms with Crippen LogP contribution in [0.4, 0.5) is 0 Å². The Balaban J connectivity index is 2.40. The van der Waals surface area contributed by atoms with Gasteiger partial charge in [-0.15, -0.1) is 0 Å². The van der Waals surface area contributed by atoms with Crippen molar-refractivity contribution in [1.29, 1.82) is 5.26 Å². The summed E-state index contributed by atoms with van der Waals surface area (Å²) in [5.41, 5.74) is -0.390.